The summed E-state index contributed by atoms with van der Waals surface area (Å²) in [7, 11) is -17.0. The van der Waals surface area contributed by atoms with E-state index in [0.29, 0.717) is 0 Å². The number of rotatable bonds is 12. The maximum absolute atomic E-state index is 14.3. The number of aliphatic hydroxyl groups is 2. The first-order valence-corrected chi connectivity index (χ1v) is 13.1. The highest BCUT2D eigenvalue weighted by Gasteiger charge is 2.41. The van der Waals surface area contributed by atoms with E-state index < -0.39 is 60.9 Å². The van der Waals surface area contributed by atoms with Gasteiger partial charge in [0.05, 0.1) is 18.6 Å². The number of fused-ring (bicyclic) bond motifs is 1. The van der Waals surface area contributed by atoms with Crippen molar-refractivity contribution >= 4 is 40.3 Å². The molecule has 0 spiro atoms. The summed E-state index contributed by atoms with van der Waals surface area (Å²) in [6.07, 6.45) is 1.75. The molecule has 5 atom stereocenters. The number of terminal acetylenes is 1. The van der Waals surface area contributed by atoms with E-state index in [1.165, 1.54) is 0 Å². The zero-order valence-corrected chi connectivity index (χ0v) is 19.2. The van der Waals surface area contributed by atoms with Crippen molar-refractivity contribution in [2.45, 2.75) is 18.4 Å². The van der Waals surface area contributed by atoms with E-state index in [-0.39, 0.29) is 16.9 Å². The van der Waals surface area contributed by atoms with Crippen molar-refractivity contribution in [3.63, 3.8) is 0 Å². The van der Waals surface area contributed by atoms with Gasteiger partial charge in [-0.2, -0.15) is 8.62 Å². The van der Waals surface area contributed by atoms with Gasteiger partial charge in [0.1, 0.15) is 24.4 Å². The minimum Gasteiger partial charge on any atom is -0.392 e. The third-order valence-electron chi connectivity index (χ3n) is 3.73. The lowest BCUT2D eigenvalue weighted by molar-refractivity contribution is -0.122. The monoisotopic (exact) mass is 550 g/mol. The quantitative estimate of drug-likeness (QED) is 0.128. The Balaban J connectivity index is 2.23. The highest BCUT2D eigenvalue weighted by atomic mass is 31.3. The van der Waals surface area contributed by atoms with Crippen molar-refractivity contribution in [1.29, 1.82) is 0 Å². The average molecular weight is 550 g/mol. The number of nitrogen functional groups attached to an aromatic ring is 1. The van der Waals surface area contributed by atoms with Gasteiger partial charge in [-0.25, -0.2) is 28.1 Å². The molecule has 2 heterocycles. The van der Waals surface area contributed by atoms with E-state index in [2.05, 4.69) is 23.1 Å². The Hall–Kier alpha value is -1.80. The molecule has 8 N–H and O–H groups in total. The maximum Gasteiger partial charge on any atom is 0.490 e. The van der Waals surface area contributed by atoms with Crippen LogP contribution < -0.4 is 5.73 Å². The first kappa shape index (κ1) is 28.4. The van der Waals surface area contributed by atoms with Crippen LogP contribution in [0.3, 0.4) is 0 Å². The Morgan fingerprint density at radius 3 is 2.38 bits per heavy atom. The summed E-state index contributed by atoms with van der Waals surface area (Å²) >= 11 is 0. The first-order chi connectivity index (χ1) is 15.6. The lowest BCUT2D eigenvalue weighted by Crippen LogP contribution is -2.35. The van der Waals surface area contributed by atoms with Gasteiger partial charge in [-0.15, -0.1) is 6.42 Å². The van der Waals surface area contributed by atoms with Crippen LogP contribution in [-0.2, 0) is 31.6 Å². The number of anilines is 1. The molecule has 0 radical (unpaired) electrons. The number of aromatic nitrogens is 3. The predicted octanol–water partition coefficient (Wildman–Crippen LogP) is -0.634. The van der Waals surface area contributed by atoms with Crippen molar-refractivity contribution < 1.29 is 65.8 Å². The number of nitrogens with zero attached hydrogens (tertiary/aromatic N) is 3. The number of aliphatic hydroxyl groups excluding tert-OH is 2. The van der Waals surface area contributed by atoms with Gasteiger partial charge in [0.2, 0.25) is 0 Å². The van der Waals surface area contributed by atoms with Crippen molar-refractivity contribution in [3.8, 4) is 12.3 Å². The van der Waals surface area contributed by atoms with Crippen LogP contribution in [0, 0.1) is 18.2 Å². The Morgan fingerprint density at radius 1 is 1.18 bits per heavy atom. The Labute approximate surface area is 189 Å². The summed E-state index contributed by atoms with van der Waals surface area (Å²) in [6.45, 7) is -2.03. The van der Waals surface area contributed by atoms with E-state index in [9.17, 15) is 33.2 Å². The smallest absolute Gasteiger partial charge is 0.392 e. The summed E-state index contributed by atoms with van der Waals surface area (Å²) < 4.78 is 66.0. The molecule has 34 heavy (non-hydrogen) atoms. The molecule has 2 aromatic rings. The summed E-state index contributed by atoms with van der Waals surface area (Å²) in [5.74, 6) is 0.687. The van der Waals surface area contributed by atoms with Crippen LogP contribution in [0.4, 0.5) is 10.2 Å². The molecule has 0 bridgehead atoms. The van der Waals surface area contributed by atoms with Crippen molar-refractivity contribution in [1.82, 2.24) is 14.5 Å². The number of nitrogens with two attached hydrogens (primary N) is 1. The van der Waals surface area contributed by atoms with Crippen LogP contribution in [0.2, 0.25) is 0 Å². The van der Waals surface area contributed by atoms with Gasteiger partial charge >= 0.3 is 23.5 Å². The topological polar surface area (TPSA) is 266 Å². The number of halogens is 1. The van der Waals surface area contributed by atoms with Crippen LogP contribution in [0.1, 0.15) is 6.23 Å². The Kier molecular flexibility index (Phi) is 9.08. The standard InChI is InChI=1S/C13H18FN4O13P3/c1-2-8(20)9(5-28-33(24,25)31-34(26,27)30-32(21,22)23)29-10(4-19)18-3-7(14)11-12(15)16-6-17-13(11)18/h1,3,6,8-10,19-20H,4-5H2,(H,24,25)(H,26,27)(H2,15,16,17)(H2,21,22,23)/t8-,9+,10+/m0/s1. The molecule has 2 aromatic heterocycles. The molecular weight excluding hydrogens is 532 g/mol. The van der Waals surface area contributed by atoms with Gasteiger partial charge in [-0.3, -0.25) is 4.52 Å². The van der Waals surface area contributed by atoms with E-state index in [4.69, 9.17) is 31.6 Å². The molecule has 0 saturated heterocycles. The van der Waals surface area contributed by atoms with Crippen LogP contribution in [0.5, 0.6) is 0 Å². The number of ether oxygens (including phenoxy) is 1. The number of hydrogen-bond donors (Lipinski definition) is 7. The lowest BCUT2D eigenvalue weighted by Gasteiger charge is -2.27. The molecule has 190 valence electrons. The minimum atomic E-state index is -5.79. The number of phosphoric acid groups is 3. The largest absolute Gasteiger partial charge is 0.490 e. The normalized spacial score (nSPS) is 18.5. The SMILES string of the molecule is C#C[C@H](O)[C@@H](COP(=O)(O)OP(=O)(O)OP(=O)(O)O)O[C@H](CO)n1cc(F)c2c(N)ncnc21. The molecule has 0 aliphatic rings. The molecule has 21 heteroatoms. The second kappa shape index (κ2) is 10.9. The highest BCUT2D eigenvalue weighted by Crippen LogP contribution is 2.66. The van der Waals surface area contributed by atoms with E-state index in [1.54, 1.807) is 0 Å². The van der Waals surface area contributed by atoms with Crippen LogP contribution >= 0.6 is 23.5 Å². The molecule has 0 amide bonds. The van der Waals surface area contributed by atoms with Gasteiger partial charge < -0.3 is 44.8 Å². The number of hydrogen-bond acceptors (Lipinski definition) is 12. The van der Waals surface area contributed by atoms with Crippen LogP contribution in [-0.4, -0.2) is 69.7 Å². The van der Waals surface area contributed by atoms with Gasteiger partial charge in [0.15, 0.2) is 17.7 Å². The zero-order valence-electron chi connectivity index (χ0n) is 16.6. The molecule has 0 saturated carbocycles. The Morgan fingerprint density at radius 2 is 1.82 bits per heavy atom. The van der Waals surface area contributed by atoms with Crippen LogP contribution in [0.25, 0.3) is 11.0 Å². The maximum atomic E-state index is 14.3. The van der Waals surface area contributed by atoms with Gasteiger partial charge in [-0.1, -0.05) is 5.92 Å². The number of phosphoric ester groups is 1. The van der Waals surface area contributed by atoms with E-state index in [0.717, 1.165) is 17.1 Å². The summed E-state index contributed by atoms with van der Waals surface area (Å²) in [4.78, 5) is 43.2. The molecular formula is C13H18FN4O13P3. The third kappa shape index (κ3) is 7.60. The third-order valence-corrected chi connectivity index (χ3v) is 7.53. The molecule has 0 aliphatic heterocycles. The van der Waals surface area contributed by atoms with Gasteiger partial charge in [-0.05, 0) is 0 Å². The predicted molar refractivity (Wildman–Crippen MR) is 108 cm³/mol. The van der Waals surface area contributed by atoms with E-state index >= 15 is 0 Å². The molecule has 2 unspecified atom stereocenters. The molecule has 0 fully saturated rings. The fourth-order valence-electron chi connectivity index (χ4n) is 2.46. The molecule has 2 rings (SSSR count). The summed E-state index contributed by atoms with van der Waals surface area (Å²) in [6, 6.07) is 0. The fourth-order valence-corrected chi connectivity index (χ4v) is 5.49. The van der Waals surface area contributed by atoms with Crippen molar-refractivity contribution in [2.24, 2.45) is 0 Å². The van der Waals surface area contributed by atoms with Gasteiger partial charge in [0.25, 0.3) is 0 Å². The highest BCUT2D eigenvalue weighted by molar-refractivity contribution is 7.66. The second-order valence-corrected chi connectivity index (χ2v) is 10.6. The van der Waals surface area contributed by atoms with E-state index in [1.807, 2.05) is 5.92 Å². The fraction of sp³-hybridized carbons (Fsp3) is 0.385. The Bertz CT molecular complexity index is 1210. The summed E-state index contributed by atoms with van der Waals surface area (Å²) in [5.41, 5.74) is 5.46. The second-order valence-electron chi connectivity index (χ2n) is 6.15. The molecule has 0 aromatic carbocycles. The summed E-state index contributed by atoms with van der Waals surface area (Å²) in [5, 5.41) is 19.4. The van der Waals surface area contributed by atoms with Crippen molar-refractivity contribution in [3.05, 3.63) is 18.3 Å². The molecule has 17 nitrogen and oxygen atoms in total. The minimum absolute atomic E-state index is 0.133. The lowest BCUT2D eigenvalue weighted by atomic mass is 10.2. The molecule has 0 aliphatic carbocycles. The van der Waals surface area contributed by atoms with Gasteiger partial charge in [0, 0.05) is 6.20 Å². The first-order valence-electron chi connectivity index (χ1n) is 8.54. The average Bonchev–Trinajstić information content (AvgIpc) is 3.02. The zero-order chi connectivity index (χ0) is 25.9. The van der Waals surface area contributed by atoms with Crippen LogP contribution in [0.15, 0.2) is 12.5 Å². The van der Waals surface area contributed by atoms with Crippen molar-refractivity contribution in [2.75, 3.05) is 18.9 Å².